The maximum Gasteiger partial charge on any atom is 0.255 e. The lowest BCUT2D eigenvalue weighted by atomic mass is 10.2. The molecule has 1 aromatic heterocycles. The summed E-state index contributed by atoms with van der Waals surface area (Å²) >= 11 is 0. The molecule has 6 heteroatoms. The monoisotopic (exact) mass is 375 g/mol. The van der Waals surface area contributed by atoms with Crippen molar-refractivity contribution in [3.63, 3.8) is 0 Å². The first-order chi connectivity index (χ1) is 13.8. The first-order valence-electron chi connectivity index (χ1n) is 9.31. The molecule has 4 rings (SSSR count). The first kappa shape index (κ1) is 18.1. The fraction of sp³-hybridized carbons (Fsp3) is 0.227. The van der Waals surface area contributed by atoms with Crippen LogP contribution in [0, 0.1) is 0 Å². The predicted molar refractivity (Wildman–Crippen MR) is 106 cm³/mol. The van der Waals surface area contributed by atoms with E-state index in [1.807, 2.05) is 36.4 Å². The summed E-state index contributed by atoms with van der Waals surface area (Å²) < 4.78 is 11.3. The molecule has 0 spiro atoms. The number of ether oxygens (including phenoxy) is 2. The lowest BCUT2D eigenvalue weighted by Gasteiger charge is -2.12. The van der Waals surface area contributed by atoms with Gasteiger partial charge in [0, 0.05) is 17.7 Å². The average Bonchev–Trinajstić information content (AvgIpc) is 3.27. The third-order valence-electron chi connectivity index (χ3n) is 4.50. The second-order valence-electron chi connectivity index (χ2n) is 6.59. The number of anilines is 1. The maximum atomic E-state index is 12.5. The van der Waals surface area contributed by atoms with Crippen LogP contribution in [-0.4, -0.2) is 35.2 Å². The largest absolute Gasteiger partial charge is 0.491 e. The highest BCUT2D eigenvalue weighted by Crippen LogP contribution is 2.19. The van der Waals surface area contributed by atoms with Crippen LogP contribution in [-0.2, 0) is 4.74 Å². The fourth-order valence-corrected chi connectivity index (χ4v) is 3.02. The van der Waals surface area contributed by atoms with Crippen LogP contribution in [0.1, 0.15) is 23.2 Å². The number of benzene rings is 2. The topological polar surface area (TPSA) is 73.3 Å². The van der Waals surface area contributed by atoms with Crippen LogP contribution >= 0.6 is 0 Å². The van der Waals surface area contributed by atoms with Crippen LogP contribution in [0.4, 0.5) is 5.69 Å². The van der Waals surface area contributed by atoms with E-state index in [9.17, 15) is 4.79 Å². The van der Waals surface area contributed by atoms with E-state index in [0.717, 1.165) is 25.0 Å². The Labute approximate surface area is 163 Å². The molecule has 1 aliphatic rings. The minimum absolute atomic E-state index is 0.137. The Morgan fingerprint density at radius 2 is 1.93 bits per heavy atom. The van der Waals surface area contributed by atoms with Crippen molar-refractivity contribution in [3.05, 3.63) is 72.6 Å². The standard InChI is InChI=1S/C22H21N3O3/c26-22(17-8-4-9-19(12-17)28-15-20-10-5-11-27-20)25-18-13-23-21(24-14-18)16-6-2-1-3-7-16/h1-4,6-9,12-14,20H,5,10-11,15H2,(H,25,26). The number of rotatable bonds is 6. The van der Waals surface area contributed by atoms with Gasteiger partial charge in [0.05, 0.1) is 24.2 Å². The maximum absolute atomic E-state index is 12.5. The number of carbonyl (C=O) groups is 1. The summed E-state index contributed by atoms with van der Waals surface area (Å²) in [6, 6.07) is 16.8. The molecule has 0 bridgehead atoms. The Morgan fingerprint density at radius 3 is 2.68 bits per heavy atom. The number of nitrogens with one attached hydrogen (secondary N) is 1. The van der Waals surface area contributed by atoms with Crippen molar-refractivity contribution < 1.29 is 14.3 Å². The van der Waals surface area contributed by atoms with Gasteiger partial charge >= 0.3 is 0 Å². The van der Waals surface area contributed by atoms with Crippen molar-refractivity contribution in [2.75, 3.05) is 18.5 Å². The molecule has 1 atom stereocenters. The van der Waals surface area contributed by atoms with Gasteiger partial charge in [0.1, 0.15) is 12.4 Å². The molecular weight excluding hydrogens is 354 g/mol. The molecule has 6 nitrogen and oxygen atoms in total. The normalized spacial score (nSPS) is 15.9. The van der Waals surface area contributed by atoms with Gasteiger partial charge in [-0.1, -0.05) is 36.4 Å². The molecule has 1 fully saturated rings. The van der Waals surface area contributed by atoms with Crippen LogP contribution in [0.5, 0.6) is 5.75 Å². The smallest absolute Gasteiger partial charge is 0.255 e. The van der Waals surface area contributed by atoms with E-state index in [2.05, 4.69) is 15.3 Å². The van der Waals surface area contributed by atoms with Gasteiger partial charge in [-0.15, -0.1) is 0 Å². The zero-order chi connectivity index (χ0) is 19.2. The Hall–Kier alpha value is -3.25. The van der Waals surface area contributed by atoms with Gasteiger partial charge in [0.25, 0.3) is 5.91 Å². The van der Waals surface area contributed by atoms with Gasteiger partial charge in [-0.05, 0) is 31.0 Å². The van der Waals surface area contributed by atoms with Gasteiger partial charge in [-0.25, -0.2) is 9.97 Å². The van der Waals surface area contributed by atoms with Gasteiger partial charge in [0.15, 0.2) is 5.82 Å². The molecule has 1 aliphatic heterocycles. The van der Waals surface area contributed by atoms with E-state index in [1.165, 1.54) is 0 Å². The summed E-state index contributed by atoms with van der Waals surface area (Å²) in [7, 11) is 0. The van der Waals surface area contributed by atoms with Crippen LogP contribution in [0.25, 0.3) is 11.4 Å². The summed E-state index contributed by atoms with van der Waals surface area (Å²) in [5.41, 5.74) is 1.98. The second kappa shape index (κ2) is 8.63. The molecule has 1 saturated heterocycles. The number of hydrogen-bond acceptors (Lipinski definition) is 5. The van der Waals surface area contributed by atoms with Crippen molar-refractivity contribution in [2.24, 2.45) is 0 Å². The highest BCUT2D eigenvalue weighted by atomic mass is 16.5. The van der Waals surface area contributed by atoms with Crippen molar-refractivity contribution in [1.82, 2.24) is 9.97 Å². The van der Waals surface area contributed by atoms with Gasteiger partial charge in [-0.3, -0.25) is 4.79 Å². The summed E-state index contributed by atoms with van der Waals surface area (Å²) in [6.07, 6.45) is 5.43. The quantitative estimate of drug-likeness (QED) is 0.706. The van der Waals surface area contributed by atoms with E-state index in [4.69, 9.17) is 9.47 Å². The van der Waals surface area contributed by atoms with E-state index in [1.54, 1.807) is 30.6 Å². The molecule has 28 heavy (non-hydrogen) atoms. The summed E-state index contributed by atoms with van der Waals surface area (Å²) in [6.45, 7) is 1.29. The van der Waals surface area contributed by atoms with Crippen molar-refractivity contribution >= 4 is 11.6 Å². The predicted octanol–water partition coefficient (Wildman–Crippen LogP) is 3.95. The van der Waals surface area contributed by atoms with Crippen LogP contribution < -0.4 is 10.1 Å². The Kier molecular flexibility index (Phi) is 5.58. The molecule has 0 aliphatic carbocycles. The summed E-state index contributed by atoms with van der Waals surface area (Å²) in [5, 5.41) is 2.82. The van der Waals surface area contributed by atoms with E-state index in [-0.39, 0.29) is 12.0 Å². The number of amides is 1. The van der Waals surface area contributed by atoms with Crippen molar-refractivity contribution in [3.8, 4) is 17.1 Å². The zero-order valence-electron chi connectivity index (χ0n) is 15.4. The van der Waals surface area contributed by atoms with Crippen LogP contribution in [0.3, 0.4) is 0 Å². The minimum atomic E-state index is -0.237. The minimum Gasteiger partial charge on any atom is -0.491 e. The molecule has 1 amide bonds. The molecule has 3 aromatic rings. The summed E-state index contributed by atoms with van der Waals surface area (Å²) in [5.74, 6) is 1.03. The van der Waals surface area contributed by atoms with Gasteiger partial charge in [-0.2, -0.15) is 0 Å². The third kappa shape index (κ3) is 4.53. The lowest BCUT2D eigenvalue weighted by molar-refractivity contribution is 0.0679. The molecule has 0 radical (unpaired) electrons. The van der Waals surface area contributed by atoms with Crippen LogP contribution in [0.2, 0.25) is 0 Å². The van der Waals surface area contributed by atoms with E-state index in [0.29, 0.717) is 29.4 Å². The van der Waals surface area contributed by atoms with E-state index < -0.39 is 0 Å². The zero-order valence-corrected chi connectivity index (χ0v) is 15.4. The van der Waals surface area contributed by atoms with Gasteiger partial charge in [0.2, 0.25) is 0 Å². The van der Waals surface area contributed by atoms with E-state index >= 15 is 0 Å². The molecule has 1 N–H and O–H groups in total. The molecule has 0 saturated carbocycles. The lowest BCUT2D eigenvalue weighted by Crippen LogP contribution is -2.17. The SMILES string of the molecule is O=C(Nc1cnc(-c2ccccc2)nc1)c1cccc(OCC2CCCO2)c1. The number of carbonyl (C=O) groups excluding carboxylic acids is 1. The molecule has 2 heterocycles. The highest BCUT2D eigenvalue weighted by molar-refractivity contribution is 6.04. The first-order valence-corrected chi connectivity index (χ1v) is 9.31. The third-order valence-corrected chi connectivity index (χ3v) is 4.50. The molecule has 2 aromatic carbocycles. The Bertz CT molecular complexity index is 923. The Morgan fingerprint density at radius 1 is 1.11 bits per heavy atom. The number of aromatic nitrogens is 2. The Balaban J connectivity index is 1.38. The average molecular weight is 375 g/mol. The molecule has 142 valence electrons. The van der Waals surface area contributed by atoms with Crippen molar-refractivity contribution in [2.45, 2.75) is 18.9 Å². The van der Waals surface area contributed by atoms with Crippen molar-refractivity contribution in [1.29, 1.82) is 0 Å². The second-order valence-corrected chi connectivity index (χ2v) is 6.59. The highest BCUT2D eigenvalue weighted by Gasteiger charge is 2.16. The summed E-state index contributed by atoms with van der Waals surface area (Å²) in [4.78, 5) is 21.2. The van der Waals surface area contributed by atoms with Gasteiger partial charge < -0.3 is 14.8 Å². The fourth-order valence-electron chi connectivity index (χ4n) is 3.02. The molecular formula is C22H21N3O3. The molecule has 1 unspecified atom stereocenters. The van der Waals surface area contributed by atoms with Crippen LogP contribution in [0.15, 0.2) is 67.0 Å². The number of hydrogen-bond donors (Lipinski definition) is 1. The number of nitrogens with zero attached hydrogens (tertiary/aromatic N) is 2.